The van der Waals surface area contributed by atoms with Gasteiger partial charge in [0.2, 0.25) is 0 Å². The molecule has 0 heterocycles. The van der Waals surface area contributed by atoms with Gasteiger partial charge in [0.15, 0.2) is 0 Å². The number of hydrogen-bond acceptors (Lipinski definition) is 8. The van der Waals surface area contributed by atoms with E-state index in [0.717, 1.165) is 6.29 Å². The molecule has 0 amide bonds. The summed E-state index contributed by atoms with van der Waals surface area (Å²) in [5.41, 5.74) is 7.03. The van der Waals surface area contributed by atoms with Gasteiger partial charge < -0.3 is 34.2 Å². The van der Waals surface area contributed by atoms with Crippen LogP contribution in [0.25, 0.3) is 0 Å². The quantitative estimate of drug-likeness (QED) is 0.218. The van der Waals surface area contributed by atoms with E-state index in [2.05, 4.69) is 0 Å². The Morgan fingerprint density at radius 2 is 1.10 bits per heavy atom. The molecule has 8 heteroatoms. The van der Waals surface area contributed by atoms with Crippen LogP contribution < -0.4 is 15.2 Å². The van der Waals surface area contributed by atoms with Crippen LogP contribution in [-0.4, -0.2) is 72.4 Å². The summed E-state index contributed by atoms with van der Waals surface area (Å²) in [6, 6.07) is 14.3. The van der Waals surface area contributed by atoms with Crippen LogP contribution in [-0.2, 0) is 18.9 Å². The van der Waals surface area contributed by atoms with Crippen LogP contribution in [0, 0.1) is 0 Å². The van der Waals surface area contributed by atoms with Crippen LogP contribution in [0.3, 0.4) is 0 Å². The largest absolute Gasteiger partial charge is 0.491 e. The molecule has 0 aliphatic carbocycles. The van der Waals surface area contributed by atoms with Crippen molar-refractivity contribution in [1.29, 1.82) is 0 Å². The van der Waals surface area contributed by atoms with Crippen molar-refractivity contribution < 1.29 is 33.2 Å². The maximum atomic E-state index is 10.6. The second-order valence-electron chi connectivity index (χ2n) is 6.37. The maximum absolute atomic E-state index is 10.6. The highest BCUT2D eigenvalue weighted by atomic mass is 16.6. The summed E-state index contributed by atoms with van der Waals surface area (Å²) in [6.45, 7) is 4.79. The molecular weight excluding hydrogens is 402 g/mol. The van der Waals surface area contributed by atoms with Crippen molar-refractivity contribution in [3.05, 3.63) is 54.1 Å². The average Bonchev–Trinajstić information content (AvgIpc) is 2.80. The molecule has 0 radical (unpaired) electrons. The minimum Gasteiger partial charge on any atom is -0.491 e. The minimum absolute atomic E-state index is 0.438. The normalized spacial score (nSPS) is 10.7. The fourth-order valence-corrected chi connectivity index (χ4v) is 2.45. The Morgan fingerprint density at radius 3 is 1.61 bits per heavy atom. The smallest absolute Gasteiger partial charge is 0.150 e. The maximum Gasteiger partial charge on any atom is 0.150 e. The topological polar surface area (TPSA) is 98.5 Å². The van der Waals surface area contributed by atoms with Gasteiger partial charge in [0.1, 0.15) is 31.0 Å². The minimum atomic E-state index is 0.438. The Labute approximate surface area is 183 Å². The zero-order valence-corrected chi connectivity index (χ0v) is 17.7. The Morgan fingerprint density at radius 1 is 0.613 bits per heavy atom. The van der Waals surface area contributed by atoms with Crippen molar-refractivity contribution in [2.75, 3.05) is 71.8 Å². The molecule has 0 saturated heterocycles. The molecule has 8 nitrogen and oxygen atoms in total. The van der Waals surface area contributed by atoms with Crippen LogP contribution in [0.1, 0.15) is 10.4 Å². The number of para-hydroxylation sites is 2. The summed E-state index contributed by atoms with van der Waals surface area (Å²) in [7, 11) is 0. The fraction of sp³-hybridized carbons (Fsp3) is 0.435. The van der Waals surface area contributed by atoms with Gasteiger partial charge in [0.25, 0.3) is 0 Å². The van der Waals surface area contributed by atoms with Gasteiger partial charge in [-0.1, -0.05) is 12.1 Å². The summed E-state index contributed by atoms with van der Waals surface area (Å²) in [6.07, 6.45) is 0.798. The van der Waals surface area contributed by atoms with Crippen molar-refractivity contribution in [1.82, 2.24) is 0 Å². The second kappa shape index (κ2) is 16.1. The van der Waals surface area contributed by atoms with Crippen molar-refractivity contribution in [2.45, 2.75) is 0 Å². The van der Waals surface area contributed by atoms with E-state index in [0.29, 0.717) is 88.8 Å². The zero-order valence-electron chi connectivity index (χ0n) is 17.7. The lowest BCUT2D eigenvalue weighted by atomic mass is 10.2. The molecule has 170 valence electrons. The molecule has 0 unspecified atom stereocenters. The Kier molecular flexibility index (Phi) is 12.8. The highest BCUT2D eigenvalue weighted by Crippen LogP contribution is 2.19. The summed E-state index contributed by atoms with van der Waals surface area (Å²) >= 11 is 0. The summed E-state index contributed by atoms with van der Waals surface area (Å²) in [5, 5.41) is 0. The number of carbonyl (C=O) groups is 1. The van der Waals surface area contributed by atoms with Gasteiger partial charge >= 0.3 is 0 Å². The van der Waals surface area contributed by atoms with E-state index in [1.807, 2.05) is 18.2 Å². The Hall–Kier alpha value is -2.65. The third-order valence-electron chi connectivity index (χ3n) is 4.03. The van der Waals surface area contributed by atoms with Gasteiger partial charge in [-0.25, -0.2) is 0 Å². The van der Waals surface area contributed by atoms with E-state index in [4.69, 9.17) is 34.2 Å². The zero-order chi connectivity index (χ0) is 22.0. The number of carbonyl (C=O) groups excluding carboxylic acids is 1. The van der Waals surface area contributed by atoms with Gasteiger partial charge in [-0.3, -0.25) is 4.79 Å². The number of rotatable bonds is 18. The predicted octanol–water partition coefficient (Wildman–Crippen LogP) is 2.61. The number of hydrogen-bond donors (Lipinski definition) is 1. The first-order chi connectivity index (χ1) is 15.3. The van der Waals surface area contributed by atoms with Gasteiger partial charge in [-0.15, -0.1) is 0 Å². The van der Waals surface area contributed by atoms with Crippen LogP contribution in [0.2, 0.25) is 0 Å². The second-order valence-corrected chi connectivity index (χ2v) is 6.37. The van der Waals surface area contributed by atoms with Crippen molar-refractivity contribution in [3.63, 3.8) is 0 Å². The van der Waals surface area contributed by atoms with E-state index in [1.165, 1.54) is 0 Å². The molecule has 2 aromatic rings. The molecule has 0 atom stereocenters. The molecule has 2 rings (SSSR count). The number of nitrogen functional groups attached to an aromatic ring is 1. The molecule has 0 aliphatic heterocycles. The van der Waals surface area contributed by atoms with Crippen LogP contribution in [0.5, 0.6) is 11.5 Å². The first-order valence-electron chi connectivity index (χ1n) is 10.3. The number of anilines is 1. The lowest BCUT2D eigenvalue weighted by molar-refractivity contribution is -0.00697. The highest BCUT2D eigenvalue weighted by Gasteiger charge is 1.98. The van der Waals surface area contributed by atoms with Crippen LogP contribution >= 0.6 is 0 Å². The molecule has 2 aromatic carbocycles. The lowest BCUT2D eigenvalue weighted by Crippen LogP contribution is -2.14. The molecule has 0 spiro atoms. The molecule has 0 fully saturated rings. The van der Waals surface area contributed by atoms with Crippen LogP contribution in [0.15, 0.2) is 48.5 Å². The molecule has 0 aliphatic rings. The molecular formula is C23H31NO7. The third kappa shape index (κ3) is 11.4. The number of aldehydes is 1. The third-order valence-corrected chi connectivity index (χ3v) is 4.03. The monoisotopic (exact) mass is 433 g/mol. The SMILES string of the molecule is Nc1ccccc1OCCOCCOCCOCCOCCOc1ccc(C=O)cc1. The van der Waals surface area contributed by atoms with E-state index in [1.54, 1.807) is 30.3 Å². The van der Waals surface area contributed by atoms with E-state index in [9.17, 15) is 4.79 Å². The van der Waals surface area contributed by atoms with E-state index in [-0.39, 0.29) is 0 Å². The van der Waals surface area contributed by atoms with Gasteiger partial charge in [0, 0.05) is 5.56 Å². The number of benzene rings is 2. The van der Waals surface area contributed by atoms with Gasteiger partial charge in [-0.05, 0) is 36.4 Å². The highest BCUT2D eigenvalue weighted by molar-refractivity contribution is 5.74. The first-order valence-corrected chi connectivity index (χ1v) is 10.3. The molecule has 0 bridgehead atoms. The first kappa shape index (κ1) is 24.6. The van der Waals surface area contributed by atoms with Gasteiger partial charge in [-0.2, -0.15) is 0 Å². The van der Waals surface area contributed by atoms with E-state index >= 15 is 0 Å². The fourth-order valence-electron chi connectivity index (χ4n) is 2.45. The van der Waals surface area contributed by atoms with Crippen molar-refractivity contribution in [2.24, 2.45) is 0 Å². The molecule has 0 aromatic heterocycles. The lowest BCUT2D eigenvalue weighted by Gasteiger charge is -2.10. The Balaban J connectivity index is 1.29. The van der Waals surface area contributed by atoms with Crippen molar-refractivity contribution >= 4 is 12.0 Å². The van der Waals surface area contributed by atoms with Crippen molar-refractivity contribution in [3.8, 4) is 11.5 Å². The number of ether oxygens (including phenoxy) is 6. The Bertz CT molecular complexity index is 724. The van der Waals surface area contributed by atoms with Crippen LogP contribution in [0.4, 0.5) is 5.69 Å². The standard InChI is InChI=1S/C23H31NO7/c24-22-3-1-2-4-23(22)31-18-16-29-14-12-27-10-9-26-11-13-28-15-17-30-21-7-5-20(19-25)6-8-21/h1-8,19H,9-18,24H2. The summed E-state index contributed by atoms with van der Waals surface area (Å²) in [5.74, 6) is 1.38. The average molecular weight is 434 g/mol. The summed E-state index contributed by atoms with van der Waals surface area (Å²) < 4.78 is 32.8. The molecule has 2 N–H and O–H groups in total. The summed E-state index contributed by atoms with van der Waals surface area (Å²) in [4.78, 5) is 10.6. The van der Waals surface area contributed by atoms with Gasteiger partial charge in [0.05, 0.1) is 58.5 Å². The molecule has 0 saturated carbocycles. The molecule has 31 heavy (non-hydrogen) atoms. The van der Waals surface area contributed by atoms with E-state index < -0.39 is 0 Å². The predicted molar refractivity (Wildman–Crippen MR) is 117 cm³/mol. The number of nitrogens with two attached hydrogens (primary N) is 1.